The minimum atomic E-state index is -0.467. The molecule has 0 saturated heterocycles. The van der Waals surface area contributed by atoms with Crippen molar-refractivity contribution in [3.05, 3.63) is 50.6 Å². The molecule has 2 aromatic heterocycles. The largest absolute Gasteiger partial charge is 0.465 e. The Bertz CT molecular complexity index is 1180. The van der Waals surface area contributed by atoms with Crippen LogP contribution in [0.4, 0.5) is 5.69 Å². The molecule has 1 amide bonds. The highest BCUT2D eigenvalue weighted by Crippen LogP contribution is 2.35. The zero-order chi connectivity index (χ0) is 20.5. The van der Waals surface area contributed by atoms with E-state index in [4.69, 9.17) is 0 Å². The summed E-state index contributed by atoms with van der Waals surface area (Å²) in [5, 5.41) is 4.00. The lowest BCUT2D eigenvalue weighted by Crippen LogP contribution is -2.21. The number of esters is 1. The lowest BCUT2D eigenvalue weighted by atomic mass is 10.2. The Morgan fingerprint density at radius 3 is 2.97 bits per heavy atom. The van der Waals surface area contributed by atoms with Gasteiger partial charge in [0.15, 0.2) is 5.16 Å². The number of amides is 1. The Morgan fingerprint density at radius 2 is 2.17 bits per heavy atom. The summed E-state index contributed by atoms with van der Waals surface area (Å²) in [6, 6.07) is 6.54. The van der Waals surface area contributed by atoms with Crippen LogP contribution in [0.3, 0.4) is 0 Å². The highest BCUT2D eigenvalue weighted by Gasteiger charge is 2.22. The average Bonchev–Trinajstić information content (AvgIpc) is 3.30. The van der Waals surface area contributed by atoms with E-state index >= 15 is 0 Å². The molecule has 0 radical (unpaired) electrons. The Balaban J connectivity index is 1.48. The average molecular weight is 430 g/mol. The number of methoxy groups -OCH3 is 1. The van der Waals surface area contributed by atoms with E-state index in [9.17, 15) is 14.4 Å². The summed E-state index contributed by atoms with van der Waals surface area (Å²) in [6.45, 7) is 0. The number of hydrogen-bond acceptors (Lipinski definition) is 7. The van der Waals surface area contributed by atoms with Crippen LogP contribution in [0.1, 0.15) is 27.2 Å². The molecule has 1 N–H and O–H groups in total. The number of benzene rings is 1. The van der Waals surface area contributed by atoms with E-state index in [0.717, 1.165) is 35.0 Å². The van der Waals surface area contributed by atoms with Crippen LogP contribution in [-0.2, 0) is 29.4 Å². The fourth-order valence-electron chi connectivity index (χ4n) is 3.40. The number of ether oxygens (including phenoxy) is 1. The van der Waals surface area contributed by atoms with E-state index < -0.39 is 5.97 Å². The van der Waals surface area contributed by atoms with Crippen LogP contribution >= 0.6 is 23.1 Å². The van der Waals surface area contributed by atoms with Crippen molar-refractivity contribution < 1.29 is 14.3 Å². The number of hydrogen-bond donors (Lipinski definition) is 1. The molecule has 0 aliphatic heterocycles. The number of nitrogens with zero attached hydrogens (tertiary/aromatic N) is 2. The first-order valence-corrected chi connectivity index (χ1v) is 10.9. The number of thioether (sulfide) groups is 1. The molecule has 9 heteroatoms. The van der Waals surface area contributed by atoms with Gasteiger partial charge in [-0.25, -0.2) is 9.78 Å². The van der Waals surface area contributed by atoms with E-state index in [1.165, 1.54) is 28.3 Å². The molecule has 0 unspecified atom stereocenters. The van der Waals surface area contributed by atoms with Crippen molar-refractivity contribution in [3.63, 3.8) is 0 Å². The number of fused-ring (bicyclic) bond motifs is 3. The zero-order valence-electron chi connectivity index (χ0n) is 16.0. The Hall–Kier alpha value is -2.65. The van der Waals surface area contributed by atoms with Gasteiger partial charge in [-0.1, -0.05) is 17.8 Å². The van der Waals surface area contributed by atoms with E-state index in [1.807, 2.05) is 0 Å². The highest BCUT2D eigenvalue weighted by atomic mass is 32.2. The summed E-state index contributed by atoms with van der Waals surface area (Å²) in [4.78, 5) is 43.4. The minimum absolute atomic E-state index is 0.0527. The Morgan fingerprint density at radius 1 is 1.34 bits per heavy atom. The first-order chi connectivity index (χ1) is 14.0. The quantitative estimate of drug-likeness (QED) is 0.381. The van der Waals surface area contributed by atoms with E-state index in [2.05, 4.69) is 15.0 Å². The molecule has 2 heterocycles. The predicted octanol–water partition coefficient (Wildman–Crippen LogP) is 3.00. The van der Waals surface area contributed by atoms with Gasteiger partial charge in [0.25, 0.3) is 5.56 Å². The van der Waals surface area contributed by atoms with Crippen LogP contribution in [0.2, 0.25) is 0 Å². The maximum atomic E-state index is 12.8. The van der Waals surface area contributed by atoms with Crippen LogP contribution in [0.5, 0.6) is 0 Å². The predicted molar refractivity (Wildman–Crippen MR) is 114 cm³/mol. The van der Waals surface area contributed by atoms with Crippen LogP contribution in [0.15, 0.2) is 34.2 Å². The lowest BCUT2D eigenvalue weighted by molar-refractivity contribution is -0.113. The molecule has 7 nitrogen and oxygen atoms in total. The molecule has 0 atom stereocenters. The summed E-state index contributed by atoms with van der Waals surface area (Å²) in [6.07, 6.45) is 3.04. The second-order valence-corrected chi connectivity index (χ2v) is 8.73. The molecule has 1 aliphatic carbocycles. The van der Waals surface area contributed by atoms with Gasteiger partial charge in [0, 0.05) is 17.6 Å². The van der Waals surface area contributed by atoms with Gasteiger partial charge in [0.2, 0.25) is 5.91 Å². The fourth-order valence-corrected chi connectivity index (χ4v) is 5.48. The number of carbonyl (C=O) groups is 2. The maximum absolute atomic E-state index is 12.8. The van der Waals surface area contributed by atoms with Crippen molar-refractivity contribution in [1.29, 1.82) is 0 Å². The molecular weight excluding hydrogens is 410 g/mol. The van der Waals surface area contributed by atoms with Crippen LogP contribution < -0.4 is 10.9 Å². The van der Waals surface area contributed by atoms with Gasteiger partial charge in [-0.05, 0) is 43.0 Å². The van der Waals surface area contributed by atoms with Gasteiger partial charge in [0.1, 0.15) is 4.83 Å². The van der Waals surface area contributed by atoms with Gasteiger partial charge in [-0.2, -0.15) is 0 Å². The summed E-state index contributed by atoms with van der Waals surface area (Å²) >= 11 is 2.80. The number of carbonyl (C=O) groups excluding carboxylic acids is 2. The number of thiophene rings is 1. The number of aromatic nitrogens is 2. The van der Waals surface area contributed by atoms with Crippen molar-refractivity contribution >= 4 is 50.9 Å². The van der Waals surface area contributed by atoms with Crippen molar-refractivity contribution in [2.45, 2.75) is 24.4 Å². The monoisotopic (exact) mass is 429 g/mol. The van der Waals surface area contributed by atoms with E-state index in [0.29, 0.717) is 16.4 Å². The Kier molecular flexibility index (Phi) is 5.42. The fraction of sp³-hybridized carbons (Fsp3) is 0.300. The number of nitrogens with one attached hydrogen (secondary N) is 1. The van der Waals surface area contributed by atoms with Gasteiger partial charge in [-0.15, -0.1) is 11.3 Å². The third-order valence-electron chi connectivity index (χ3n) is 4.81. The molecule has 150 valence electrons. The van der Waals surface area contributed by atoms with Crippen LogP contribution in [-0.4, -0.2) is 34.3 Å². The number of anilines is 1. The zero-order valence-corrected chi connectivity index (χ0v) is 17.6. The van der Waals surface area contributed by atoms with Crippen molar-refractivity contribution in [3.8, 4) is 0 Å². The van der Waals surface area contributed by atoms with E-state index in [-0.39, 0.29) is 17.2 Å². The van der Waals surface area contributed by atoms with Crippen molar-refractivity contribution in [2.24, 2.45) is 7.05 Å². The second-order valence-electron chi connectivity index (χ2n) is 6.71. The molecule has 1 aromatic carbocycles. The molecule has 3 aromatic rings. The molecule has 29 heavy (non-hydrogen) atoms. The van der Waals surface area contributed by atoms with E-state index in [1.54, 1.807) is 42.6 Å². The third kappa shape index (κ3) is 3.79. The SMILES string of the molecule is COC(=O)c1cccc(NC(=O)CSc2nc3sc4c(c3c(=O)n2C)CCC4)c1. The highest BCUT2D eigenvalue weighted by molar-refractivity contribution is 7.99. The first kappa shape index (κ1) is 19.7. The lowest BCUT2D eigenvalue weighted by Gasteiger charge is -2.09. The summed E-state index contributed by atoms with van der Waals surface area (Å²) in [7, 11) is 2.99. The summed E-state index contributed by atoms with van der Waals surface area (Å²) in [5.74, 6) is -0.620. The molecule has 0 fully saturated rings. The summed E-state index contributed by atoms with van der Waals surface area (Å²) < 4.78 is 6.21. The Labute approximate surface area is 175 Å². The maximum Gasteiger partial charge on any atom is 0.337 e. The molecule has 0 spiro atoms. The molecule has 4 rings (SSSR count). The standard InChI is InChI=1S/C20H19N3O4S2/c1-23-18(25)16-13-7-4-8-14(13)29-17(16)22-20(23)28-10-15(24)21-12-6-3-5-11(9-12)19(26)27-2/h3,5-6,9H,4,7-8,10H2,1-2H3,(H,21,24). The van der Waals surface area contributed by atoms with Gasteiger partial charge in [0.05, 0.1) is 23.8 Å². The van der Waals surface area contributed by atoms with Crippen molar-refractivity contribution in [2.75, 3.05) is 18.2 Å². The van der Waals surface area contributed by atoms with Gasteiger partial charge < -0.3 is 10.1 Å². The topological polar surface area (TPSA) is 90.3 Å². The molecule has 0 saturated carbocycles. The number of rotatable bonds is 5. The molecule has 0 bridgehead atoms. The molecular formula is C20H19N3O4S2. The smallest absolute Gasteiger partial charge is 0.337 e. The normalized spacial score (nSPS) is 12.8. The molecule has 1 aliphatic rings. The summed E-state index contributed by atoms with van der Waals surface area (Å²) in [5.41, 5.74) is 1.96. The third-order valence-corrected chi connectivity index (χ3v) is 7.02. The van der Waals surface area contributed by atoms with Crippen molar-refractivity contribution in [1.82, 2.24) is 9.55 Å². The second kappa shape index (κ2) is 8.00. The van der Waals surface area contributed by atoms with Gasteiger partial charge >= 0.3 is 5.97 Å². The first-order valence-electron chi connectivity index (χ1n) is 9.10. The number of aryl methyl sites for hydroxylation is 2. The van der Waals surface area contributed by atoms with Gasteiger partial charge in [-0.3, -0.25) is 14.2 Å². The minimum Gasteiger partial charge on any atom is -0.465 e. The van der Waals surface area contributed by atoms with Crippen LogP contribution in [0.25, 0.3) is 10.2 Å². The van der Waals surface area contributed by atoms with Crippen LogP contribution in [0, 0.1) is 0 Å².